The van der Waals surface area contributed by atoms with Gasteiger partial charge in [0.1, 0.15) is 0 Å². The van der Waals surface area contributed by atoms with E-state index in [4.69, 9.17) is 0 Å². The van der Waals surface area contributed by atoms with E-state index in [-0.39, 0.29) is 5.91 Å². The lowest BCUT2D eigenvalue weighted by Crippen LogP contribution is -2.40. The number of amides is 1. The lowest BCUT2D eigenvalue weighted by Gasteiger charge is -2.23. The Labute approximate surface area is 121 Å². The van der Waals surface area contributed by atoms with Crippen LogP contribution in [0.2, 0.25) is 0 Å². The standard InChI is InChI=1S/C15H24N4O/c1-18(11-6-14-5-2-3-8-17-14)15(20)13-19-10-4-7-16-9-12-19/h2-3,5,8,16H,4,6-7,9-13H2,1H3. The number of rotatable bonds is 5. The first-order chi connectivity index (χ1) is 9.75. The normalized spacial score (nSPS) is 16.6. The van der Waals surface area contributed by atoms with Gasteiger partial charge in [-0.15, -0.1) is 0 Å². The van der Waals surface area contributed by atoms with Gasteiger partial charge in [0.2, 0.25) is 5.91 Å². The fourth-order valence-electron chi connectivity index (χ4n) is 2.32. The van der Waals surface area contributed by atoms with Crippen LogP contribution in [0.25, 0.3) is 0 Å². The van der Waals surface area contributed by atoms with Crippen LogP contribution in [0.1, 0.15) is 12.1 Å². The van der Waals surface area contributed by atoms with Crippen LogP contribution in [-0.4, -0.2) is 67.0 Å². The topological polar surface area (TPSA) is 48.5 Å². The van der Waals surface area contributed by atoms with Crippen molar-refractivity contribution in [2.24, 2.45) is 0 Å². The summed E-state index contributed by atoms with van der Waals surface area (Å²) in [4.78, 5) is 20.5. The molecule has 2 rings (SSSR count). The molecule has 0 atom stereocenters. The molecule has 110 valence electrons. The van der Waals surface area contributed by atoms with Crippen LogP contribution in [0.3, 0.4) is 0 Å². The van der Waals surface area contributed by atoms with Crippen LogP contribution in [0, 0.1) is 0 Å². The molecule has 20 heavy (non-hydrogen) atoms. The molecule has 1 aromatic heterocycles. The number of nitrogens with zero attached hydrogens (tertiary/aromatic N) is 3. The van der Waals surface area contributed by atoms with E-state index in [0.717, 1.165) is 51.3 Å². The number of pyridine rings is 1. The van der Waals surface area contributed by atoms with Crippen molar-refractivity contribution in [1.82, 2.24) is 20.1 Å². The first-order valence-corrected chi connectivity index (χ1v) is 7.32. The van der Waals surface area contributed by atoms with Crippen LogP contribution in [0.5, 0.6) is 0 Å². The van der Waals surface area contributed by atoms with Crippen molar-refractivity contribution in [3.05, 3.63) is 30.1 Å². The Kier molecular flexibility index (Phi) is 5.95. The second kappa shape index (κ2) is 7.97. The van der Waals surface area contributed by atoms with Gasteiger partial charge in [0.15, 0.2) is 0 Å². The molecular formula is C15H24N4O. The van der Waals surface area contributed by atoms with Gasteiger partial charge in [-0.25, -0.2) is 0 Å². The number of likely N-dealkylation sites (N-methyl/N-ethyl adjacent to an activating group) is 1. The van der Waals surface area contributed by atoms with Crippen LogP contribution in [0.4, 0.5) is 0 Å². The second-order valence-electron chi connectivity index (χ2n) is 5.27. The largest absolute Gasteiger partial charge is 0.344 e. The molecule has 0 aromatic carbocycles. The van der Waals surface area contributed by atoms with E-state index < -0.39 is 0 Å². The smallest absolute Gasteiger partial charge is 0.236 e. The fourth-order valence-corrected chi connectivity index (χ4v) is 2.32. The highest BCUT2D eigenvalue weighted by molar-refractivity contribution is 5.78. The molecule has 0 bridgehead atoms. The number of carbonyl (C=O) groups excluding carboxylic acids is 1. The van der Waals surface area contributed by atoms with E-state index in [1.807, 2.05) is 30.1 Å². The Morgan fingerprint density at radius 1 is 1.40 bits per heavy atom. The average molecular weight is 276 g/mol. The summed E-state index contributed by atoms with van der Waals surface area (Å²) in [6, 6.07) is 5.89. The minimum Gasteiger partial charge on any atom is -0.344 e. The second-order valence-corrected chi connectivity index (χ2v) is 5.27. The monoisotopic (exact) mass is 276 g/mol. The molecule has 2 heterocycles. The Morgan fingerprint density at radius 3 is 3.10 bits per heavy atom. The predicted octanol–water partition coefficient (Wildman–Crippen LogP) is 0.378. The van der Waals surface area contributed by atoms with E-state index in [1.165, 1.54) is 0 Å². The third kappa shape index (κ3) is 4.90. The van der Waals surface area contributed by atoms with E-state index in [1.54, 1.807) is 6.20 Å². The molecule has 0 spiro atoms. The summed E-state index contributed by atoms with van der Waals surface area (Å²) in [6.45, 7) is 5.25. The lowest BCUT2D eigenvalue weighted by atomic mass is 10.2. The van der Waals surface area contributed by atoms with Gasteiger partial charge in [-0.05, 0) is 31.6 Å². The fraction of sp³-hybridized carbons (Fsp3) is 0.600. The molecule has 1 fully saturated rings. The number of aromatic nitrogens is 1. The lowest BCUT2D eigenvalue weighted by molar-refractivity contribution is -0.131. The Bertz CT molecular complexity index is 402. The quantitative estimate of drug-likeness (QED) is 0.844. The SMILES string of the molecule is CN(CCc1ccccn1)C(=O)CN1CCCNCC1. The highest BCUT2D eigenvalue weighted by Gasteiger charge is 2.15. The summed E-state index contributed by atoms with van der Waals surface area (Å²) < 4.78 is 0. The van der Waals surface area contributed by atoms with Crippen molar-refractivity contribution in [2.75, 3.05) is 46.3 Å². The molecule has 0 unspecified atom stereocenters. The first-order valence-electron chi connectivity index (χ1n) is 7.32. The molecule has 5 heteroatoms. The number of nitrogens with one attached hydrogen (secondary N) is 1. The summed E-state index contributed by atoms with van der Waals surface area (Å²) in [7, 11) is 1.88. The summed E-state index contributed by atoms with van der Waals surface area (Å²) in [5, 5.41) is 3.35. The number of hydrogen-bond acceptors (Lipinski definition) is 4. The molecule has 5 nitrogen and oxygen atoms in total. The van der Waals surface area contributed by atoms with Gasteiger partial charge in [0.05, 0.1) is 6.54 Å². The summed E-state index contributed by atoms with van der Waals surface area (Å²) in [5.74, 6) is 0.197. The molecule has 0 radical (unpaired) electrons. The van der Waals surface area contributed by atoms with Crippen molar-refractivity contribution in [2.45, 2.75) is 12.8 Å². The highest BCUT2D eigenvalue weighted by atomic mass is 16.2. The maximum Gasteiger partial charge on any atom is 0.236 e. The van der Waals surface area contributed by atoms with Crippen molar-refractivity contribution in [1.29, 1.82) is 0 Å². The van der Waals surface area contributed by atoms with Crippen LogP contribution < -0.4 is 5.32 Å². The highest BCUT2D eigenvalue weighted by Crippen LogP contribution is 2.00. The van der Waals surface area contributed by atoms with Crippen molar-refractivity contribution in [3.8, 4) is 0 Å². The molecule has 1 aromatic rings. The van der Waals surface area contributed by atoms with Gasteiger partial charge in [0, 0.05) is 45.0 Å². The minimum absolute atomic E-state index is 0.197. The maximum absolute atomic E-state index is 12.2. The van der Waals surface area contributed by atoms with Crippen molar-refractivity contribution >= 4 is 5.91 Å². The molecule has 1 N–H and O–H groups in total. The number of carbonyl (C=O) groups is 1. The van der Waals surface area contributed by atoms with Crippen molar-refractivity contribution < 1.29 is 4.79 Å². The molecule has 1 saturated heterocycles. The van der Waals surface area contributed by atoms with Crippen molar-refractivity contribution in [3.63, 3.8) is 0 Å². The Balaban J connectivity index is 1.73. The summed E-state index contributed by atoms with van der Waals surface area (Å²) in [6.07, 6.45) is 3.72. The predicted molar refractivity (Wildman–Crippen MR) is 79.5 cm³/mol. The van der Waals surface area contributed by atoms with Gasteiger partial charge in [-0.3, -0.25) is 14.7 Å². The Hall–Kier alpha value is -1.46. The maximum atomic E-state index is 12.2. The van der Waals surface area contributed by atoms with Crippen LogP contribution in [0.15, 0.2) is 24.4 Å². The summed E-state index contributed by atoms with van der Waals surface area (Å²) >= 11 is 0. The van der Waals surface area contributed by atoms with E-state index >= 15 is 0 Å². The zero-order valence-electron chi connectivity index (χ0n) is 12.2. The first kappa shape index (κ1) is 14.9. The van der Waals surface area contributed by atoms with E-state index in [2.05, 4.69) is 15.2 Å². The number of hydrogen-bond donors (Lipinski definition) is 1. The molecule has 1 aliphatic heterocycles. The van der Waals surface area contributed by atoms with Gasteiger partial charge in [-0.1, -0.05) is 6.07 Å². The zero-order valence-corrected chi connectivity index (χ0v) is 12.2. The van der Waals surface area contributed by atoms with E-state index in [0.29, 0.717) is 6.54 Å². The molecule has 0 aliphatic carbocycles. The van der Waals surface area contributed by atoms with Gasteiger partial charge in [0.25, 0.3) is 0 Å². The Morgan fingerprint density at radius 2 is 2.30 bits per heavy atom. The van der Waals surface area contributed by atoms with Gasteiger partial charge in [-0.2, -0.15) is 0 Å². The van der Waals surface area contributed by atoms with Crippen LogP contribution >= 0.6 is 0 Å². The molecule has 1 aliphatic rings. The van der Waals surface area contributed by atoms with Gasteiger partial charge < -0.3 is 10.2 Å². The zero-order chi connectivity index (χ0) is 14.2. The molecule has 1 amide bonds. The summed E-state index contributed by atoms with van der Waals surface area (Å²) in [5.41, 5.74) is 1.03. The minimum atomic E-state index is 0.197. The molecule has 0 saturated carbocycles. The third-order valence-electron chi connectivity index (χ3n) is 3.65. The van der Waals surface area contributed by atoms with Gasteiger partial charge >= 0.3 is 0 Å². The third-order valence-corrected chi connectivity index (χ3v) is 3.65. The van der Waals surface area contributed by atoms with Crippen LogP contribution in [-0.2, 0) is 11.2 Å². The molecular weight excluding hydrogens is 252 g/mol. The average Bonchev–Trinajstić information content (AvgIpc) is 2.74. The van der Waals surface area contributed by atoms with E-state index in [9.17, 15) is 4.79 Å².